The number of benzene rings is 1. The van der Waals surface area contributed by atoms with Crippen LogP contribution >= 0.6 is 0 Å². The van der Waals surface area contributed by atoms with Gasteiger partial charge in [-0.2, -0.15) is 0 Å². The first-order valence-electron chi connectivity index (χ1n) is 4.60. The van der Waals surface area contributed by atoms with Crippen molar-refractivity contribution in [3.63, 3.8) is 0 Å². The van der Waals surface area contributed by atoms with E-state index in [-0.39, 0.29) is 6.61 Å². The molecule has 0 aromatic heterocycles. The Labute approximate surface area is 87.5 Å². The molecule has 0 radical (unpaired) electrons. The molecule has 1 N–H and O–H groups in total. The van der Waals surface area contributed by atoms with E-state index in [4.69, 9.17) is 9.84 Å². The SMILES string of the molecule is O=[N+]([O-])C[C@H](O)COCc1ccccc1. The van der Waals surface area contributed by atoms with Crippen LogP contribution in [0, 0.1) is 10.1 Å². The third-order valence-electron chi connectivity index (χ3n) is 1.78. The third-order valence-corrected chi connectivity index (χ3v) is 1.78. The van der Waals surface area contributed by atoms with Crippen LogP contribution in [0.15, 0.2) is 30.3 Å². The highest BCUT2D eigenvalue weighted by Crippen LogP contribution is 2.00. The molecule has 5 heteroatoms. The highest BCUT2D eigenvalue weighted by molar-refractivity contribution is 5.13. The highest BCUT2D eigenvalue weighted by Gasteiger charge is 2.10. The van der Waals surface area contributed by atoms with Crippen molar-refractivity contribution in [1.82, 2.24) is 0 Å². The maximum absolute atomic E-state index is 10.0. The molecule has 5 nitrogen and oxygen atoms in total. The van der Waals surface area contributed by atoms with Crippen LogP contribution in [0.1, 0.15) is 5.56 Å². The van der Waals surface area contributed by atoms with Crippen LogP contribution in [-0.2, 0) is 11.3 Å². The molecule has 0 aliphatic rings. The van der Waals surface area contributed by atoms with Gasteiger partial charge in [0.15, 0.2) is 0 Å². The summed E-state index contributed by atoms with van der Waals surface area (Å²) < 4.78 is 5.13. The van der Waals surface area contributed by atoms with Gasteiger partial charge in [-0.3, -0.25) is 10.1 Å². The van der Waals surface area contributed by atoms with Gasteiger partial charge in [-0.25, -0.2) is 0 Å². The number of hydrogen-bond acceptors (Lipinski definition) is 4. The van der Waals surface area contributed by atoms with Gasteiger partial charge in [-0.15, -0.1) is 0 Å². The summed E-state index contributed by atoms with van der Waals surface area (Å²) in [4.78, 5) is 9.47. The molecule has 1 aromatic carbocycles. The van der Waals surface area contributed by atoms with Gasteiger partial charge in [0.2, 0.25) is 6.54 Å². The maximum Gasteiger partial charge on any atom is 0.231 e. The van der Waals surface area contributed by atoms with E-state index >= 15 is 0 Å². The van der Waals surface area contributed by atoms with Gasteiger partial charge >= 0.3 is 0 Å². The molecule has 0 fully saturated rings. The second kappa shape index (κ2) is 6.10. The van der Waals surface area contributed by atoms with Crippen molar-refractivity contribution < 1.29 is 14.8 Å². The fourth-order valence-corrected chi connectivity index (χ4v) is 1.11. The number of rotatable bonds is 6. The Morgan fingerprint density at radius 2 is 2.07 bits per heavy atom. The minimum Gasteiger partial charge on any atom is -0.384 e. The summed E-state index contributed by atoms with van der Waals surface area (Å²) in [5.41, 5.74) is 0.978. The number of aliphatic hydroxyl groups is 1. The molecule has 0 aliphatic heterocycles. The number of nitro groups is 1. The molecule has 0 spiro atoms. The van der Waals surface area contributed by atoms with Gasteiger partial charge in [0.05, 0.1) is 13.2 Å². The monoisotopic (exact) mass is 211 g/mol. The van der Waals surface area contributed by atoms with Crippen molar-refractivity contribution in [2.45, 2.75) is 12.7 Å². The Hall–Kier alpha value is -1.46. The smallest absolute Gasteiger partial charge is 0.231 e. The van der Waals surface area contributed by atoms with Crippen LogP contribution in [0.4, 0.5) is 0 Å². The van der Waals surface area contributed by atoms with E-state index in [0.29, 0.717) is 6.61 Å². The van der Waals surface area contributed by atoms with Crippen LogP contribution < -0.4 is 0 Å². The van der Waals surface area contributed by atoms with E-state index in [1.807, 2.05) is 30.3 Å². The summed E-state index contributed by atoms with van der Waals surface area (Å²) in [6.45, 7) is -0.139. The predicted octanol–water partition coefficient (Wildman–Crippen LogP) is 0.841. The van der Waals surface area contributed by atoms with Gasteiger partial charge < -0.3 is 9.84 Å². The van der Waals surface area contributed by atoms with Crippen molar-refractivity contribution in [1.29, 1.82) is 0 Å². The first-order valence-corrected chi connectivity index (χ1v) is 4.60. The summed E-state index contributed by atoms with van der Waals surface area (Å²) in [5.74, 6) is 0. The molecular formula is C10H13NO4. The van der Waals surface area contributed by atoms with Gasteiger partial charge in [0, 0.05) is 4.92 Å². The van der Waals surface area contributed by atoms with E-state index in [9.17, 15) is 10.1 Å². The second-order valence-electron chi connectivity index (χ2n) is 3.17. The molecule has 0 unspecified atom stereocenters. The summed E-state index contributed by atoms with van der Waals surface area (Å²) in [6, 6.07) is 9.43. The zero-order valence-electron chi connectivity index (χ0n) is 8.20. The molecule has 0 saturated carbocycles. The van der Waals surface area contributed by atoms with E-state index in [0.717, 1.165) is 5.56 Å². The lowest BCUT2D eigenvalue weighted by Gasteiger charge is -2.07. The average Bonchev–Trinajstić information content (AvgIpc) is 2.18. The van der Waals surface area contributed by atoms with Crippen molar-refractivity contribution in [2.75, 3.05) is 13.2 Å². The van der Waals surface area contributed by atoms with Crippen molar-refractivity contribution in [2.24, 2.45) is 0 Å². The Morgan fingerprint density at radius 3 is 2.67 bits per heavy atom. The molecule has 1 atom stereocenters. The Morgan fingerprint density at radius 1 is 1.40 bits per heavy atom. The fraction of sp³-hybridized carbons (Fsp3) is 0.400. The summed E-state index contributed by atoms with van der Waals surface area (Å²) in [7, 11) is 0. The first kappa shape index (κ1) is 11.6. The quantitative estimate of drug-likeness (QED) is 0.559. The standard InChI is InChI=1S/C10H13NO4/c12-10(6-11(13)14)8-15-7-9-4-2-1-3-5-9/h1-5,10,12H,6-8H2/t10-/m0/s1. The van der Waals surface area contributed by atoms with E-state index in [1.54, 1.807) is 0 Å². The van der Waals surface area contributed by atoms with Crippen molar-refractivity contribution in [3.8, 4) is 0 Å². The Kier molecular flexibility index (Phi) is 4.73. The summed E-state index contributed by atoms with van der Waals surface area (Å²) >= 11 is 0. The van der Waals surface area contributed by atoms with Gasteiger partial charge in [0.25, 0.3) is 0 Å². The lowest BCUT2D eigenvalue weighted by atomic mass is 10.2. The number of nitrogens with zero attached hydrogens (tertiary/aromatic N) is 1. The molecule has 0 saturated heterocycles. The maximum atomic E-state index is 10.0. The first-order chi connectivity index (χ1) is 7.18. The molecule has 1 aromatic rings. The number of aliphatic hydroxyl groups excluding tert-OH is 1. The Bertz CT molecular complexity index is 302. The van der Waals surface area contributed by atoms with Crippen molar-refractivity contribution >= 4 is 0 Å². The molecule has 0 amide bonds. The molecule has 0 aliphatic carbocycles. The van der Waals surface area contributed by atoms with Gasteiger partial charge in [-0.1, -0.05) is 30.3 Å². The molecule has 1 rings (SSSR count). The number of ether oxygens (including phenoxy) is 1. The normalized spacial score (nSPS) is 12.3. The molecule has 0 heterocycles. The lowest BCUT2D eigenvalue weighted by molar-refractivity contribution is -0.491. The second-order valence-corrected chi connectivity index (χ2v) is 3.17. The highest BCUT2D eigenvalue weighted by atomic mass is 16.6. The average molecular weight is 211 g/mol. The van der Waals surface area contributed by atoms with Crippen molar-refractivity contribution in [3.05, 3.63) is 46.0 Å². The van der Waals surface area contributed by atoms with Crippen LogP contribution in [0.3, 0.4) is 0 Å². The number of hydrogen-bond donors (Lipinski definition) is 1. The predicted molar refractivity (Wildman–Crippen MR) is 54.0 cm³/mol. The van der Waals surface area contributed by atoms with Crippen LogP contribution in [0.5, 0.6) is 0 Å². The lowest BCUT2D eigenvalue weighted by Crippen LogP contribution is -2.24. The van der Waals surface area contributed by atoms with E-state index in [1.165, 1.54) is 0 Å². The molecular weight excluding hydrogens is 198 g/mol. The van der Waals surface area contributed by atoms with Crippen LogP contribution in [0.25, 0.3) is 0 Å². The zero-order valence-corrected chi connectivity index (χ0v) is 8.20. The Balaban J connectivity index is 2.19. The molecule has 0 bridgehead atoms. The van der Waals surface area contributed by atoms with Gasteiger partial charge in [-0.05, 0) is 5.56 Å². The van der Waals surface area contributed by atoms with Crippen LogP contribution in [0.2, 0.25) is 0 Å². The summed E-state index contributed by atoms with van der Waals surface area (Å²) in [6.07, 6.45) is -1.04. The van der Waals surface area contributed by atoms with Gasteiger partial charge in [0.1, 0.15) is 6.10 Å². The van der Waals surface area contributed by atoms with E-state index in [2.05, 4.69) is 0 Å². The minimum absolute atomic E-state index is 0.0180. The van der Waals surface area contributed by atoms with E-state index < -0.39 is 17.6 Å². The fourth-order valence-electron chi connectivity index (χ4n) is 1.11. The minimum atomic E-state index is -1.04. The zero-order chi connectivity index (χ0) is 11.1. The third kappa shape index (κ3) is 5.09. The summed E-state index contributed by atoms with van der Waals surface area (Å²) in [5, 5.41) is 19.2. The molecule has 15 heavy (non-hydrogen) atoms. The molecule has 82 valence electrons. The largest absolute Gasteiger partial charge is 0.384 e. The topological polar surface area (TPSA) is 72.6 Å². The van der Waals surface area contributed by atoms with Crippen LogP contribution in [-0.4, -0.2) is 29.3 Å².